The van der Waals surface area contributed by atoms with Crippen LogP contribution in [0.4, 0.5) is 0 Å². The summed E-state index contributed by atoms with van der Waals surface area (Å²) in [5, 5.41) is 12.9. The Morgan fingerprint density at radius 1 is 0.793 bits per heavy atom. The van der Waals surface area contributed by atoms with E-state index in [1.807, 2.05) is 84.0 Å². The summed E-state index contributed by atoms with van der Waals surface area (Å²) in [6.07, 6.45) is 0. The van der Waals surface area contributed by atoms with E-state index >= 15 is 0 Å². The van der Waals surface area contributed by atoms with Crippen LogP contribution in [0.25, 0.3) is 10.8 Å². The monoisotopic (exact) mass is 410 g/mol. The van der Waals surface area contributed by atoms with Crippen molar-refractivity contribution in [2.24, 2.45) is 0 Å². The predicted molar refractivity (Wildman–Crippen MR) is 120 cm³/mol. The molecule has 0 aliphatic carbocycles. The molecule has 0 radical (unpaired) electrons. The first-order valence-corrected chi connectivity index (χ1v) is 11.5. The number of rotatable bonds is 3. The molecule has 3 aromatic rings. The molecule has 0 atom stereocenters. The van der Waals surface area contributed by atoms with Gasteiger partial charge in [0.25, 0.3) is 0 Å². The summed E-state index contributed by atoms with van der Waals surface area (Å²) in [4.78, 5) is 0.262. The molecule has 0 spiro atoms. The summed E-state index contributed by atoms with van der Waals surface area (Å²) in [5.74, 6) is 0.112. The number of hydrogen-bond acceptors (Lipinski definition) is 3. The van der Waals surface area contributed by atoms with Crippen molar-refractivity contribution in [2.45, 2.75) is 63.0 Å². The van der Waals surface area contributed by atoms with Crippen molar-refractivity contribution in [2.75, 3.05) is 0 Å². The van der Waals surface area contributed by atoms with E-state index in [1.54, 1.807) is 12.1 Å². The molecule has 0 saturated heterocycles. The van der Waals surface area contributed by atoms with Crippen LogP contribution in [-0.2, 0) is 26.4 Å². The molecular formula is C25H30O3S. The highest BCUT2D eigenvalue weighted by molar-refractivity contribution is 7.90. The highest BCUT2D eigenvalue weighted by Crippen LogP contribution is 2.41. The van der Waals surface area contributed by atoms with Gasteiger partial charge >= 0.3 is 0 Å². The fraction of sp³-hybridized carbons (Fsp3) is 0.360. The highest BCUT2D eigenvalue weighted by atomic mass is 32.2. The van der Waals surface area contributed by atoms with Gasteiger partial charge in [-0.1, -0.05) is 84.0 Å². The molecule has 0 saturated carbocycles. The van der Waals surface area contributed by atoms with Crippen LogP contribution in [0.1, 0.15) is 58.2 Å². The van der Waals surface area contributed by atoms with Gasteiger partial charge in [0, 0.05) is 11.1 Å². The summed E-state index contributed by atoms with van der Waals surface area (Å²) < 4.78 is 26.9. The van der Waals surface area contributed by atoms with Crippen LogP contribution in [0, 0.1) is 0 Å². The van der Waals surface area contributed by atoms with E-state index in [-0.39, 0.29) is 27.2 Å². The predicted octanol–water partition coefficient (Wildman–Crippen LogP) is 6.11. The molecule has 154 valence electrons. The lowest BCUT2D eigenvalue weighted by Crippen LogP contribution is -2.19. The van der Waals surface area contributed by atoms with Gasteiger partial charge < -0.3 is 5.11 Å². The fourth-order valence-corrected chi connectivity index (χ4v) is 5.06. The first-order chi connectivity index (χ1) is 13.3. The number of phenols is 1. The lowest BCUT2D eigenvalue weighted by molar-refractivity contribution is 0.422. The number of aromatic hydroxyl groups is 1. The van der Waals surface area contributed by atoms with E-state index in [0.29, 0.717) is 11.1 Å². The van der Waals surface area contributed by atoms with E-state index in [2.05, 4.69) is 0 Å². The van der Waals surface area contributed by atoms with Crippen molar-refractivity contribution in [3.05, 3.63) is 71.3 Å². The number of hydrogen-bond donors (Lipinski definition) is 1. The van der Waals surface area contributed by atoms with Gasteiger partial charge in [0.05, 0.1) is 10.6 Å². The van der Waals surface area contributed by atoms with E-state index < -0.39 is 9.84 Å². The first-order valence-electron chi connectivity index (χ1n) is 9.88. The number of fused-ring (bicyclic) bond motifs is 1. The summed E-state index contributed by atoms with van der Waals surface area (Å²) in [6.45, 7) is 11.9. The van der Waals surface area contributed by atoms with Crippen LogP contribution in [0.5, 0.6) is 5.75 Å². The maximum Gasteiger partial charge on any atom is 0.182 e. The Morgan fingerprint density at radius 2 is 1.31 bits per heavy atom. The molecule has 29 heavy (non-hydrogen) atoms. The summed E-state index contributed by atoms with van der Waals surface area (Å²) in [6, 6.07) is 16.9. The zero-order chi connectivity index (χ0) is 21.6. The van der Waals surface area contributed by atoms with Crippen molar-refractivity contribution in [3.8, 4) is 5.75 Å². The van der Waals surface area contributed by atoms with E-state index in [0.717, 1.165) is 16.3 Å². The Balaban J connectivity index is 2.18. The average molecular weight is 411 g/mol. The zero-order valence-electron chi connectivity index (χ0n) is 18.1. The minimum Gasteiger partial charge on any atom is -0.507 e. The minimum absolute atomic E-state index is 0.0771. The largest absolute Gasteiger partial charge is 0.507 e. The van der Waals surface area contributed by atoms with Crippen LogP contribution in [0.2, 0.25) is 0 Å². The van der Waals surface area contributed by atoms with Gasteiger partial charge in [0.1, 0.15) is 5.75 Å². The van der Waals surface area contributed by atoms with Gasteiger partial charge in [-0.2, -0.15) is 0 Å². The topological polar surface area (TPSA) is 54.4 Å². The Kier molecular flexibility index (Phi) is 5.29. The maximum atomic E-state index is 13.4. The number of sulfone groups is 1. The van der Waals surface area contributed by atoms with E-state index in [4.69, 9.17) is 0 Å². The van der Waals surface area contributed by atoms with Crippen LogP contribution < -0.4 is 0 Å². The molecule has 3 nitrogen and oxygen atoms in total. The average Bonchev–Trinajstić information content (AvgIpc) is 2.59. The van der Waals surface area contributed by atoms with Gasteiger partial charge in [0.2, 0.25) is 0 Å². The molecule has 3 aromatic carbocycles. The molecule has 0 fully saturated rings. The van der Waals surface area contributed by atoms with Gasteiger partial charge in [0.15, 0.2) is 9.84 Å². The number of phenolic OH excluding ortho intramolecular Hbond substituents is 1. The third-order valence-electron chi connectivity index (χ3n) is 5.28. The minimum atomic E-state index is -3.60. The second kappa shape index (κ2) is 7.17. The lowest BCUT2D eigenvalue weighted by atomic mass is 9.79. The molecule has 0 aliphatic heterocycles. The van der Waals surface area contributed by atoms with Crippen molar-refractivity contribution in [1.82, 2.24) is 0 Å². The van der Waals surface area contributed by atoms with E-state index in [1.165, 1.54) is 0 Å². The summed E-state index contributed by atoms with van der Waals surface area (Å²) in [5.41, 5.74) is 1.33. The molecule has 1 N–H and O–H groups in total. The van der Waals surface area contributed by atoms with Gasteiger partial charge in [-0.3, -0.25) is 0 Å². The molecule has 3 rings (SSSR count). The third kappa shape index (κ3) is 4.32. The van der Waals surface area contributed by atoms with Crippen LogP contribution >= 0.6 is 0 Å². The zero-order valence-corrected chi connectivity index (χ0v) is 18.9. The SMILES string of the molecule is CC(C)(C)c1cc(S(=O)(=O)Cc2cccc3ccccc23)cc(C(C)(C)C)c1O. The van der Waals surface area contributed by atoms with Crippen LogP contribution in [0.3, 0.4) is 0 Å². The molecule has 0 aromatic heterocycles. The maximum absolute atomic E-state index is 13.4. The van der Waals surface area contributed by atoms with E-state index in [9.17, 15) is 13.5 Å². The Hall–Kier alpha value is -2.33. The molecule has 0 amide bonds. The van der Waals surface area contributed by atoms with Crippen molar-refractivity contribution >= 4 is 20.6 Å². The second-order valence-electron chi connectivity index (χ2n) is 9.76. The van der Waals surface area contributed by atoms with Gasteiger partial charge in [-0.05, 0) is 39.3 Å². The fourth-order valence-electron chi connectivity index (χ4n) is 3.64. The van der Waals surface area contributed by atoms with Crippen LogP contribution in [0.15, 0.2) is 59.5 Å². The van der Waals surface area contributed by atoms with Crippen molar-refractivity contribution in [1.29, 1.82) is 0 Å². The quantitative estimate of drug-likeness (QED) is 0.566. The Bertz CT molecular complexity index is 1120. The molecule has 4 heteroatoms. The molecular weight excluding hydrogens is 380 g/mol. The van der Waals surface area contributed by atoms with Gasteiger partial charge in [-0.25, -0.2) is 8.42 Å². The normalized spacial score (nSPS) is 13.0. The van der Waals surface area contributed by atoms with Crippen molar-refractivity contribution in [3.63, 3.8) is 0 Å². The second-order valence-corrected chi connectivity index (χ2v) is 11.8. The smallest absolute Gasteiger partial charge is 0.182 e. The molecule has 0 unspecified atom stereocenters. The molecule has 0 heterocycles. The Morgan fingerprint density at radius 3 is 1.86 bits per heavy atom. The van der Waals surface area contributed by atoms with Crippen LogP contribution in [-0.4, -0.2) is 13.5 Å². The summed E-state index contributed by atoms with van der Waals surface area (Å²) in [7, 11) is -3.60. The van der Waals surface area contributed by atoms with Gasteiger partial charge in [-0.15, -0.1) is 0 Å². The lowest BCUT2D eigenvalue weighted by Gasteiger charge is -2.28. The highest BCUT2D eigenvalue weighted by Gasteiger charge is 2.29. The standard InChI is InChI=1S/C25H30O3S/c1-24(2,3)21-14-19(15-22(23(21)26)25(4,5)6)29(27,28)16-18-12-9-11-17-10-7-8-13-20(17)18/h7-15,26H,16H2,1-6H3. The Labute approximate surface area is 174 Å². The molecule has 0 aliphatic rings. The third-order valence-corrected chi connectivity index (χ3v) is 6.93. The van der Waals surface area contributed by atoms with Crippen molar-refractivity contribution < 1.29 is 13.5 Å². The summed E-state index contributed by atoms with van der Waals surface area (Å²) >= 11 is 0. The number of benzene rings is 3. The molecule has 0 bridgehead atoms. The first kappa shape index (κ1) is 21.4.